The van der Waals surface area contributed by atoms with Crippen molar-refractivity contribution in [2.75, 3.05) is 0 Å². The van der Waals surface area contributed by atoms with Crippen LogP contribution in [0.1, 0.15) is 49.9 Å². The number of benzene rings is 1. The van der Waals surface area contributed by atoms with Crippen LogP contribution >= 0.6 is 0 Å². The minimum absolute atomic E-state index is 0.0311. The second kappa shape index (κ2) is 7.58. The van der Waals surface area contributed by atoms with Gasteiger partial charge < -0.3 is 5.32 Å². The van der Waals surface area contributed by atoms with Crippen molar-refractivity contribution in [2.45, 2.75) is 52.1 Å². The lowest BCUT2D eigenvalue weighted by Gasteiger charge is -2.12. The second-order valence-electron chi connectivity index (χ2n) is 7.89. The summed E-state index contributed by atoms with van der Waals surface area (Å²) in [6, 6.07) is 7.66. The fourth-order valence-electron chi connectivity index (χ4n) is 3.73. The van der Waals surface area contributed by atoms with Crippen LogP contribution in [0.25, 0.3) is 22.6 Å². The molecule has 2 N–H and O–H groups in total. The maximum Gasteiger partial charge on any atom is 0.328 e. The van der Waals surface area contributed by atoms with Gasteiger partial charge in [0.05, 0.1) is 11.9 Å². The fourth-order valence-corrected chi connectivity index (χ4v) is 3.73. The Hall–Kier alpha value is -2.96. The summed E-state index contributed by atoms with van der Waals surface area (Å²) in [6.45, 7) is 4.69. The average molecular weight is 379 g/mol. The number of imidazole rings is 1. The monoisotopic (exact) mass is 379 g/mol. The summed E-state index contributed by atoms with van der Waals surface area (Å²) in [6.07, 6.45) is 6.14. The van der Waals surface area contributed by atoms with Crippen LogP contribution in [0.5, 0.6) is 0 Å². The van der Waals surface area contributed by atoms with Crippen molar-refractivity contribution in [1.29, 1.82) is 0 Å². The fraction of sp³-hybridized carbons (Fsp3) is 0.429. The minimum Gasteiger partial charge on any atom is -0.349 e. The predicted octanol–water partition coefficient (Wildman–Crippen LogP) is 3.12. The van der Waals surface area contributed by atoms with E-state index in [1.807, 2.05) is 24.3 Å². The zero-order chi connectivity index (χ0) is 19.7. The molecule has 2 aromatic heterocycles. The third-order valence-corrected chi connectivity index (χ3v) is 5.16. The molecule has 1 aliphatic rings. The van der Waals surface area contributed by atoms with Crippen LogP contribution in [-0.2, 0) is 6.54 Å². The summed E-state index contributed by atoms with van der Waals surface area (Å²) in [5, 5.41) is 3.10. The Morgan fingerprint density at radius 2 is 1.96 bits per heavy atom. The molecular formula is C21H25N5O2. The lowest BCUT2D eigenvalue weighted by molar-refractivity contribution is 0.0938. The van der Waals surface area contributed by atoms with E-state index in [1.54, 1.807) is 10.8 Å². The molecule has 1 amide bonds. The number of amides is 1. The van der Waals surface area contributed by atoms with Gasteiger partial charge in [0.15, 0.2) is 11.3 Å². The Balaban J connectivity index is 1.59. The van der Waals surface area contributed by atoms with Gasteiger partial charge in [0.2, 0.25) is 0 Å². The standard InChI is InChI=1S/C21H25N5O2/c1-13(2)12-26-19-18(25-21(26)28)22-11-17(24-19)14-7-9-15(10-8-14)20(27)23-16-5-3-4-6-16/h7-11,13,16H,3-6,12H2,1-2H3,(H,23,27)(H,22,25,28). The largest absolute Gasteiger partial charge is 0.349 e. The maximum absolute atomic E-state index is 12.4. The highest BCUT2D eigenvalue weighted by Crippen LogP contribution is 2.21. The van der Waals surface area contributed by atoms with E-state index in [9.17, 15) is 9.59 Å². The lowest BCUT2D eigenvalue weighted by Crippen LogP contribution is -2.32. The van der Waals surface area contributed by atoms with Crippen molar-refractivity contribution in [1.82, 2.24) is 24.8 Å². The molecule has 7 nitrogen and oxygen atoms in total. The van der Waals surface area contributed by atoms with E-state index < -0.39 is 0 Å². The molecule has 0 radical (unpaired) electrons. The van der Waals surface area contributed by atoms with E-state index in [4.69, 9.17) is 0 Å². The normalized spacial score (nSPS) is 14.8. The molecule has 0 aliphatic heterocycles. The Morgan fingerprint density at radius 3 is 2.64 bits per heavy atom. The van der Waals surface area contributed by atoms with Gasteiger partial charge in [0.1, 0.15) is 0 Å². The highest BCUT2D eigenvalue weighted by Gasteiger charge is 2.18. The van der Waals surface area contributed by atoms with Crippen molar-refractivity contribution in [3.8, 4) is 11.3 Å². The van der Waals surface area contributed by atoms with Crippen molar-refractivity contribution in [2.24, 2.45) is 5.92 Å². The van der Waals surface area contributed by atoms with Crippen molar-refractivity contribution in [3.63, 3.8) is 0 Å². The van der Waals surface area contributed by atoms with E-state index in [0.717, 1.165) is 18.4 Å². The summed E-state index contributed by atoms with van der Waals surface area (Å²) in [4.78, 5) is 36.3. The first-order valence-corrected chi connectivity index (χ1v) is 9.88. The highest BCUT2D eigenvalue weighted by molar-refractivity contribution is 5.94. The van der Waals surface area contributed by atoms with E-state index in [1.165, 1.54) is 12.8 Å². The number of carbonyl (C=O) groups excluding carboxylic acids is 1. The number of hydrogen-bond donors (Lipinski definition) is 2. The molecule has 0 saturated heterocycles. The molecule has 146 valence electrons. The van der Waals surface area contributed by atoms with E-state index in [2.05, 4.69) is 34.1 Å². The molecule has 1 aromatic carbocycles. The summed E-state index contributed by atoms with van der Waals surface area (Å²) < 4.78 is 1.62. The van der Waals surface area contributed by atoms with Gasteiger partial charge >= 0.3 is 5.69 Å². The molecule has 0 bridgehead atoms. The third-order valence-electron chi connectivity index (χ3n) is 5.16. The number of nitrogens with one attached hydrogen (secondary N) is 2. The van der Waals surface area contributed by atoms with Crippen LogP contribution in [0.2, 0.25) is 0 Å². The SMILES string of the molecule is CC(C)Cn1c(=O)[nH]c2ncc(-c3ccc(C(=O)NC4CCCC4)cc3)nc21. The van der Waals surface area contributed by atoms with Gasteiger partial charge in [-0.15, -0.1) is 0 Å². The molecule has 3 aromatic rings. The van der Waals surface area contributed by atoms with Crippen molar-refractivity contribution < 1.29 is 4.79 Å². The number of rotatable bonds is 5. The Morgan fingerprint density at radius 1 is 1.25 bits per heavy atom. The number of hydrogen-bond acceptors (Lipinski definition) is 4. The van der Waals surface area contributed by atoms with Crippen LogP contribution in [-0.4, -0.2) is 31.5 Å². The second-order valence-corrected chi connectivity index (χ2v) is 7.89. The third kappa shape index (κ3) is 3.69. The molecule has 7 heteroatoms. The first-order valence-electron chi connectivity index (χ1n) is 9.88. The molecular weight excluding hydrogens is 354 g/mol. The van der Waals surface area contributed by atoms with Crippen LogP contribution in [0.4, 0.5) is 0 Å². The van der Waals surface area contributed by atoms with Gasteiger partial charge in [0.25, 0.3) is 5.91 Å². The molecule has 2 heterocycles. The summed E-state index contributed by atoms with van der Waals surface area (Å²) in [7, 11) is 0. The molecule has 1 aliphatic carbocycles. The first-order chi connectivity index (χ1) is 13.5. The summed E-state index contributed by atoms with van der Waals surface area (Å²) in [5.41, 5.74) is 3.02. The lowest BCUT2D eigenvalue weighted by atomic mass is 10.1. The average Bonchev–Trinajstić information content (AvgIpc) is 3.29. The first kappa shape index (κ1) is 18.4. The predicted molar refractivity (Wildman–Crippen MR) is 108 cm³/mol. The topological polar surface area (TPSA) is 92.7 Å². The quantitative estimate of drug-likeness (QED) is 0.712. The van der Waals surface area contributed by atoms with E-state index >= 15 is 0 Å². The van der Waals surface area contributed by atoms with Gasteiger partial charge in [-0.05, 0) is 30.9 Å². The van der Waals surface area contributed by atoms with Gasteiger partial charge in [0, 0.05) is 23.7 Å². The Bertz CT molecular complexity index is 1040. The van der Waals surface area contributed by atoms with Crippen LogP contribution in [0.15, 0.2) is 35.3 Å². The number of carbonyl (C=O) groups is 1. The van der Waals surface area contributed by atoms with Crippen molar-refractivity contribution >= 4 is 17.2 Å². The smallest absolute Gasteiger partial charge is 0.328 e. The molecule has 1 fully saturated rings. The number of aromatic amines is 1. The van der Waals surface area contributed by atoms with Crippen LogP contribution in [0, 0.1) is 5.92 Å². The zero-order valence-electron chi connectivity index (χ0n) is 16.2. The van der Waals surface area contributed by atoms with Gasteiger partial charge in [-0.3, -0.25) is 14.3 Å². The summed E-state index contributed by atoms with van der Waals surface area (Å²) in [5.74, 6) is 0.288. The number of fused-ring (bicyclic) bond motifs is 1. The van der Waals surface area contributed by atoms with Gasteiger partial charge in [-0.1, -0.05) is 38.8 Å². The molecule has 28 heavy (non-hydrogen) atoms. The van der Waals surface area contributed by atoms with Crippen LogP contribution < -0.4 is 11.0 Å². The molecule has 0 spiro atoms. The van der Waals surface area contributed by atoms with Crippen molar-refractivity contribution in [3.05, 3.63) is 46.5 Å². The van der Waals surface area contributed by atoms with E-state index in [-0.39, 0.29) is 11.6 Å². The Kier molecular flexibility index (Phi) is 4.98. The zero-order valence-corrected chi connectivity index (χ0v) is 16.2. The number of H-pyrrole nitrogens is 1. The number of aromatic nitrogens is 4. The molecule has 0 unspecified atom stereocenters. The molecule has 4 rings (SSSR count). The van der Waals surface area contributed by atoms with Crippen LogP contribution in [0.3, 0.4) is 0 Å². The summed E-state index contributed by atoms with van der Waals surface area (Å²) >= 11 is 0. The van der Waals surface area contributed by atoms with E-state index in [0.29, 0.717) is 41.1 Å². The molecule has 1 saturated carbocycles. The Labute approximate surface area is 163 Å². The van der Waals surface area contributed by atoms with Gasteiger partial charge in [-0.2, -0.15) is 0 Å². The highest BCUT2D eigenvalue weighted by atomic mass is 16.2. The number of nitrogens with zero attached hydrogens (tertiary/aromatic N) is 3. The maximum atomic E-state index is 12.4. The minimum atomic E-state index is -0.195. The van der Waals surface area contributed by atoms with Gasteiger partial charge in [-0.25, -0.2) is 14.8 Å². The molecule has 0 atom stereocenters.